The first-order valence-electron chi connectivity index (χ1n) is 9.86. The third-order valence-electron chi connectivity index (χ3n) is 5.81. The summed E-state index contributed by atoms with van der Waals surface area (Å²) < 4.78 is 5.25. The van der Waals surface area contributed by atoms with E-state index in [1.54, 1.807) is 57.3 Å². The van der Waals surface area contributed by atoms with Crippen LogP contribution < -0.4 is 10.6 Å². The molecule has 4 amide bonds. The van der Waals surface area contributed by atoms with Gasteiger partial charge in [-0.05, 0) is 37.6 Å². The normalized spacial score (nSPS) is 18.9. The number of benzene rings is 1. The molecule has 9 heteroatoms. The minimum atomic E-state index is -1.16. The highest BCUT2D eigenvalue weighted by molar-refractivity contribution is 6.31. The predicted octanol–water partition coefficient (Wildman–Crippen LogP) is 2.82. The molecule has 0 aliphatic carbocycles. The number of furan rings is 1. The zero-order valence-electron chi connectivity index (χ0n) is 17.4. The number of nitrogens with one attached hydrogen (secondary N) is 2. The second kappa shape index (κ2) is 7.77. The highest BCUT2D eigenvalue weighted by Crippen LogP contribution is 2.40. The number of hydrogen-bond donors (Lipinski definition) is 2. The first-order chi connectivity index (χ1) is 14.7. The Morgan fingerprint density at radius 1 is 1.26 bits per heavy atom. The lowest BCUT2D eigenvalue weighted by Crippen LogP contribution is -2.56. The van der Waals surface area contributed by atoms with Gasteiger partial charge in [0.05, 0.1) is 36.7 Å². The van der Waals surface area contributed by atoms with Crippen molar-refractivity contribution in [2.24, 2.45) is 0 Å². The molecule has 2 aromatic rings. The van der Waals surface area contributed by atoms with Crippen LogP contribution in [0.2, 0.25) is 5.02 Å². The maximum absolute atomic E-state index is 13.5. The molecular formula is C22H23ClN4O4. The summed E-state index contributed by atoms with van der Waals surface area (Å²) in [7, 11) is 1.61. The fraction of sp³-hybridized carbons (Fsp3) is 0.318. The van der Waals surface area contributed by atoms with Gasteiger partial charge in [-0.3, -0.25) is 14.5 Å². The molecule has 0 saturated heterocycles. The molecule has 2 aliphatic heterocycles. The fourth-order valence-corrected chi connectivity index (χ4v) is 4.13. The zero-order chi connectivity index (χ0) is 22.3. The Bertz CT molecular complexity index is 1080. The van der Waals surface area contributed by atoms with Crippen molar-refractivity contribution in [2.45, 2.75) is 32.0 Å². The Morgan fingerprint density at radius 2 is 2.00 bits per heavy atom. The Morgan fingerprint density at radius 3 is 2.68 bits per heavy atom. The van der Waals surface area contributed by atoms with Crippen LogP contribution in [0.3, 0.4) is 0 Å². The predicted molar refractivity (Wildman–Crippen MR) is 114 cm³/mol. The van der Waals surface area contributed by atoms with Crippen molar-refractivity contribution in [3.05, 3.63) is 70.3 Å². The van der Waals surface area contributed by atoms with E-state index in [1.807, 2.05) is 0 Å². The van der Waals surface area contributed by atoms with Crippen LogP contribution in [0.5, 0.6) is 0 Å². The summed E-state index contributed by atoms with van der Waals surface area (Å²) in [5.41, 5.74) is 0.455. The third kappa shape index (κ3) is 3.57. The number of hydrogen-bond acceptors (Lipinski definition) is 4. The molecule has 2 aliphatic rings. The summed E-state index contributed by atoms with van der Waals surface area (Å²) in [5.74, 6) is -0.0270. The third-order valence-corrected chi connectivity index (χ3v) is 6.15. The van der Waals surface area contributed by atoms with Gasteiger partial charge in [-0.25, -0.2) is 4.79 Å². The molecular weight excluding hydrogens is 420 g/mol. The van der Waals surface area contributed by atoms with Gasteiger partial charge in [0.15, 0.2) is 0 Å². The summed E-state index contributed by atoms with van der Waals surface area (Å²) in [6.07, 6.45) is 1.53. The van der Waals surface area contributed by atoms with Crippen molar-refractivity contribution in [1.29, 1.82) is 0 Å². The molecule has 0 spiro atoms. The van der Waals surface area contributed by atoms with Crippen molar-refractivity contribution >= 4 is 29.4 Å². The minimum absolute atomic E-state index is 0.139. The molecule has 1 aromatic heterocycles. The Labute approximate surface area is 184 Å². The van der Waals surface area contributed by atoms with E-state index in [1.165, 1.54) is 16.1 Å². The van der Waals surface area contributed by atoms with E-state index in [-0.39, 0.29) is 30.9 Å². The highest BCUT2D eigenvalue weighted by Gasteiger charge is 2.49. The Hall–Kier alpha value is -3.26. The molecule has 2 N–H and O–H groups in total. The van der Waals surface area contributed by atoms with Crippen molar-refractivity contribution in [2.75, 3.05) is 13.6 Å². The Kier molecular flexibility index (Phi) is 5.26. The highest BCUT2D eigenvalue weighted by atomic mass is 35.5. The van der Waals surface area contributed by atoms with Gasteiger partial charge in [0.25, 0.3) is 5.91 Å². The van der Waals surface area contributed by atoms with E-state index in [2.05, 4.69) is 10.6 Å². The number of amides is 4. The smallest absolute Gasteiger partial charge is 0.322 e. The molecule has 1 atom stereocenters. The molecule has 1 aromatic carbocycles. The molecule has 0 bridgehead atoms. The van der Waals surface area contributed by atoms with Gasteiger partial charge in [-0.1, -0.05) is 29.8 Å². The summed E-state index contributed by atoms with van der Waals surface area (Å²) in [5, 5.41) is 6.12. The molecule has 8 nitrogen and oxygen atoms in total. The van der Waals surface area contributed by atoms with Crippen LogP contribution in [0.25, 0.3) is 0 Å². The van der Waals surface area contributed by atoms with Crippen molar-refractivity contribution in [3.63, 3.8) is 0 Å². The van der Waals surface area contributed by atoms with E-state index in [4.69, 9.17) is 16.0 Å². The summed E-state index contributed by atoms with van der Waals surface area (Å²) in [6, 6.07) is 9.55. The van der Waals surface area contributed by atoms with E-state index in [9.17, 15) is 14.4 Å². The van der Waals surface area contributed by atoms with Gasteiger partial charge in [0, 0.05) is 12.1 Å². The van der Waals surface area contributed by atoms with E-state index < -0.39 is 11.6 Å². The molecule has 162 valence electrons. The summed E-state index contributed by atoms with van der Waals surface area (Å²) in [6.45, 7) is 3.72. The van der Waals surface area contributed by atoms with Gasteiger partial charge < -0.3 is 20.0 Å². The molecule has 31 heavy (non-hydrogen) atoms. The van der Waals surface area contributed by atoms with Crippen LogP contribution in [0.15, 0.2) is 58.3 Å². The number of urea groups is 1. The number of carbonyl (C=O) groups excluding carboxylic acids is 3. The average Bonchev–Trinajstić information content (AvgIpc) is 3.38. The molecule has 0 radical (unpaired) electrons. The molecule has 0 fully saturated rings. The van der Waals surface area contributed by atoms with Gasteiger partial charge in [-0.15, -0.1) is 0 Å². The SMILES string of the molecule is CN1C(=O)N[C@H](c2ccccc2Cl)C2=C1CN(C(C)(C)C(=O)NCc1ccco1)C2=O. The van der Waals surface area contributed by atoms with Crippen LogP contribution in [-0.4, -0.2) is 46.8 Å². The second-order valence-corrected chi connectivity index (χ2v) is 8.44. The van der Waals surface area contributed by atoms with Crippen LogP contribution in [0.4, 0.5) is 4.79 Å². The molecule has 0 saturated carbocycles. The molecule has 0 unspecified atom stereocenters. The maximum atomic E-state index is 13.5. The molecule has 3 heterocycles. The average molecular weight is 443 g/mol. The van der Waals surface area contributed by atoms with E-state index in [0.29, 0.717) is 27.6 Å². The van der Waals surface area contributed by atoms with E-state index >= 15 is 0 Å². The number of halogens is 1. The number of likely N-dealkylation sites (N-methyl/N-ethyl adjacent to an activating group) is 1. The van der Waals surface area contributed by atoms with Crippen molar-refractivity contribution in [1.82, 2.24) is 20.4 Å². The summed E-state index contributed by atoms with van der Waals surface area (Å²) >= 11 is 6.36. The van der Waals surface area contributed by atoms with Gasteiger partial charge in [0.2, 0.25) is 5.91 Å². The fourth-order valence-electron chi connectivity index (χ4n) is 3.88. The first-order valence-corrected chi connectivity index (χ1v) is 10.2. The van der Waals surface area contributed by atoms with Crippen molar-refractivity contribution < 1.29 is 18.8 Å². The number of carbonyl (C=O) groups is 3. The lowest BCUT2D eigenvalue weighted by atomic mass is 9.95. The monoisotopic (exact) mass is 442 g/mol. The molecule has 4 rings (SSSR count). The van der Waals surface area contributed by atoms with Crippen LogP contribution >= 0.6 is 11.6 Å². The van der Waals surface area contributed by atoms with Crippen LogP contribution in [-0.2, 0) is 16.1 Å². The summed E-state index contributed by atoms with van der Waals surface area (Å²) in [4.78, 5) is 42.0. The van der Waals surface area contributed by atoms with E-state index in [0.717, 1.165) is 0 Å². The van der Waals surface area contributed by atoms with Crippen molar-refractivity contribution in [3.8, 4) is 0 Å². The quantitative estimate of drug-likeness (QED) is 0.744. The standard InChI is InChI=1S/C22H23ClN4O4/c1-22(2,20(29)24-11-13-7-6-10-31-13)27-12-16-17(19(27)28)18(25-21(30)26(16)3)14-8-4-5-9-15(14)23/h4-10,18H,11-12H2,1-3H3,(H,24,29)(H,25,30)/t18-/m1/s1. The second-order valence-electron chi connectivity index (χ2n) is 8.04. The van der Waals surface area contributed by atoms with Gasteiger partial charge >= 0.3 is 6.03 Å². The number of nitrogens with zero attached hydrogens (tertiary/aromatic N) is 2. The van der Waals surface area contributed by atoms with Gasteiger partial charge in [0.1, 0.15) is 11.3 Å². The topological polar surface area (TPSA) is 94.9 Å². The largest absolute Gasteiger partial charge is 0.467 e. The Balaban J connectivity index is 1.62. The number of rotatable bonds is 5. The maximum Gasteiger partial charge on any atom is 0.322 e. The zero-order valence-corrected chi connectivity index (χ0v) is 18.2. The lowest BCUT2D eigenvalue weighted by molar-refractivity contribution is -0.142. The van der Waals surface area contributed by atoms with Crippen LogP contribution in [0.1, 0.15) is 31.2 Å². The lowest BCUT2D eigenvalue weighted by Gasteiger charge is -2.34. The minimum Gasteiger partial charge on any atom is -0.467 e. The first kappa shape index (κ1) is 21.0. The van der Waals surface area contributed by atoms with Gasteiger partial charge in [-0.2, -0.15) is 0 Å². The van der Waals surface area contributed by atoms with Crippen LogP contribution in [0, 0.1) is 0 Å².